The quantitative estimate of drug-likeness (QED) is 0.541. The number of nitrogens with one attached hydrogen (secondary N) is 1. The van der Waals surface area contributed by atoms with Crippen molar-refractivity contribution in [3.8, 4) is 22.1 Å². The van der Waals surface area contributed by atoms with E-state index in [1.165, 1.54) is 22.5 Å². The van der Waals surface area contributed by atoms with Gasteiger partial charge in [0.1, 0.15) is 9.88 Å². The number of rotatable bonds is 7. The van der Waals surface area contributed by atoms with Crippen molar-refractivity contribution in [1.29, 1.82) is 0 Å². The van der Waals surface area contributed by atoms with E-state index in [-0.39, 0.29) is 11.9 Å². The van der Waals surface area contributed by atoms with Gasteiger partial charge < -0.3 is 14.8 Å². The van der Waals surface area contributed by atoms with Gasteiger partial charge in [0.05, 0.1) is 19.9 Å². The van der Waals surface area contributed by atoms with Crippen molar-refractivity contribution in [2.45, 2.75) is 39.3 Å². The highest BCUT2D eigenvalue weighted by Gasteiger charge is 2.24. The summed E-state index contributed by atoms with van der Waals surface area (Å²) in [6.45, 7) is 6.99. The van der Waals surface area contributed by atoms with Gasteiger partial charge in [-0.1, -0.05) is 24.3 Å². The summed E-state index contributed by atoms with van der Waals surface area (Å²) in [6.07, 6.45) is 1.91. The van der Waals surface area contributed by atoms with E-state index >= 15 is 0 Å². The van der Waals surface area contributed by atoms with E-state index < -0.39 is 0 Å². The van der Waals surface area contributed by atoms with Gasteiger partial charge >= 0.3 is 0 Å². The molecule has 4 rings (SSSR count). The van der Waals surface area contributed by atoms with Crippen LogP contribution in [-0.4, -0.2) is 49.1 Å². The topological polar surface area (TPSA) is 63.7 Å². The number of piperidine rings is 1. The Bertz CT molecular complexity index is 1120. The van der Waals surface area contributed by atoms with Gasteiger partial charge in [-0.15, -0.1) is 11.3 Å². The number of hydrogen-bond acceptors (Lipinski definition) is 6. The molecule has 1 amide bonds. The van der Waals surface area contributed by atoms with Crippen LogP contribution in [0.2, 0.25) is 0 Å². The Kier molecular flexibility index (Phi) is 7.30. The Balaban J connectivity index is 1.37. The maximum atomic E-state index is 13.0. The first kappa shape index (κ1) is 23.3. The van der Waals surface area contributed by atoms with Crippen LogP contribution in [0.25, 0.3) is 10.6 Å². The van der Waals surface area contributed by atoms with Crippen LogP contribution in [0.4, 0.5) is 0 Å². The van der Waals surface area contributed by atoms with Gasteiger partial charge in [-0.3, -0.25) is 9.69 Å². The van der Waals surface area contributed by atoms with Gasteiger partial charge in [0.25, 0.3) is 5.91 Å². The van der Waals surface area contributed by atoms with Crippen molar-refractivity contribution in [3.05, 3.63) is 64.2 Å². The van der Waals surface area contributed by atoms with E-state index in [2.05, 4.69) is 46.4 Å². The van der Waals surface area contributed by atoms with Gasteiger partial charge in [0.15, 0.2) is 11.5 Å². The molecular formula is C26H31N3O3S. The third-order valence-electron chi connectivity index (χ3n) is 6.21. The fourth-order valence-electron chi connectivity index (χ4n) is 4.21. The van der Waals surface area contributed by atoms with Gasteiger partial charge in [-0.25, -0.2) is 4.98 Å². The monoisotopic (exact) mass is 465 g/mol. The fraction of sp³-hybridized carbons (Fsp3) is 0.385. The molecular weight excluding hydrogens is 434 g/mol. The van der Waals surface area contributed by atoms with Gasteiger partial charge in [0.2, 0.25) is 0 Å². The summed E-state index contributed by atoms with van der Waals surface area (Å²) >= 11 is 1.42. The first-order chi connectivity index (χ1) is 16.0. The first-order valence-electron chi connectivity index (χ1n) is 11.3. The molecule has 3 aromatic rings. The van der Waals surface area contributed by atoms with Crippen LogP contribution < -0.4 is 14.8 Å². The van der Waals surface area contributed by atoms with Crippen molar-refractivity contribution >= 4 is 17.2 Å². The zero-order valence-electron chi connectivity index (χ0n) is 19.7. The summed E-state index contributed by atoms with van der Waals surface area (Å²) in [5.41, 5.74) is 4.37. The van der Waals surface area contributed by atoms with Crippen molar-refractivity contribution in [3.63, 3.8) is 0 Å². The number of benzene rings is 2. The van der Waals surface area contributed by atoms with E-state index in [0.29, 0.717) is 16.4 Å². The number of hydrogen-bond donors (Lipinski definition) is 1. The molecule has 0 bridgehead atoms. The zero-order valence-corrected chi connectivity index (χ0v) is 20.5. The highest BCUT2D eigenvalue weighted by molar-refractivity contribution is 7.17. The Labute approximate surface area is 199 Å². The van der Waals surface area contributed by atoms with Crippen molar-refractivity contribution < 1.29 is 14.3 Å². The lowest BCUT2D eigenvalue weighted by Gasteiger charge is -2.32. The normalized spacial score (nSPS) is 14.8. The van der Waals surface area contributed by atoms with E-state index in [1.807, 2.05) is 25.1 Å². The number of aryl methyl sites for hydroxylation is 2. The lowest BCUT2D eigenvalue weighted by molar-refractivity contribution is 0.0912. The Morgan fingerprint density at radius 3 is 2.52 bits per heavy atom. The second-order valence-corrected chi connectivity index (χ2v) is 9.45. The van der Waals surface area contributed by atoms with Crippen LogP contribution in [0.1, 0.15) is 39.3 Å². The Morgan fingerprint density at radius 2 is 1.82 bits per heavy atom. The maximum Gasteiger partial charge on any atom is 0.263 e. The molecule has 174 valence electrons. The third-order valence-corrected chi connectivity index (χ3v) is 7.42. The average Bonchev–Trinajstić information content (AvgIpc) is 3.23. The highest BCUT2D eigenvalue weighted by Crippen LogP contribution is 2.35. The lowest BCUT2D eigenvalue weighted by atomic mass is 10.0. The van der Waals surface area contributed by atoms with Crippen LogP contribution in [0.5, 0.6) is 11.5 Å². The zero-order chi connectivity index (χ0) is 23.4. The van der Waals surface area contributed by atoms with Gasteiger partial charge in [-0.2, -0.15) is 0 Å². The Morgan fingerprint density at radius 1 is 1.09 bits per heavy atom. The molecule has 6 nitrogen and oxygen atoms in total. The SMILES string of the molecule is COc1ccc(-c2nc(C)c(C(=O)NC3CCN(Cc4ccccc4C)CC3)s2)cc1OC. The predicted octanol–water partition coefficient (Wildman–Crippen LogP) is 4.84. The number of nitrogens with zero attached hydrogens (tertiary/aromatic N) is 2. The second kappa shape index (κ2) is 10.4. The van der Waals surface area contributed by atoms with E-state index in [1.54, 1.807) is 14.2 Å². The standard InChI is InChI=1S/C26H31N3O3S/c1-17-7-5-6-8-20(17)16-29-13-11-21(12-14-29)28-25(30)24-18(2)27-26(33-24)19-9-10-22(31-3)23(15-19)32-4/h5-10,15,21H,11-14,16H2,1-4H3,(H,28,30). The van der Waals surface area contributed by atoms with Crippen LogP contribution >= 0.6 is 11.3 Å². The third kappa shape index (κ3) is 5.37. The first-order valence-corrected chi connectivity index (χ1v) is 12.1. The summed E-state index contributed by atoms with van der Waals surface area (Å²) in [6, 6.07) is 14.4. The Hall–Kier alpha value is -2.90. The van der Waals surface area contributed by atoms with E-state index in [4.69, 9.17) is 9.47 Å². The minimum Gasteiger partial charge on any atom is -0.493 e. The molecule has 1 saturated heterocycles. The van der Waals surface area contributed by atoms with Crippen LogP contribution in [0, 0.1) is 13.8 Å². The van der Waals surface area contributed by atoms with Gasteiger partial charge in [0, 0.05) is 31.2 Å². The summed E-state index contributed by atoms with van der Waals surface area (Å²) in [5.74, 6) is 1.28. The largest absolute Gasteiger partial charge is 0.493 e. The molecule has 0 atom stereocenters. The van der Waals surface area contributed by atoms with Crippen molar-refractivity contribution in [2.24, 2.45) is 0 Å². The summed E-state index contributed by atoms with van der Waals surface area (Å²) in [7, 11) is 3.22. The molecule has 1 fully saturated rings. The summed E-state index contributed by atoms with van der Waals surface area (Å²) in [4.78, 5) is 20.8. The number of carbonyl (C=O) groups excluding carboxylic acids is 1. The maximum absolute atomic E-state index is 13.0. The average molecular weight is 466 g/mol. The predicted molar refractivity (Wildman–Crippen MR) is 132 cm³/mol. The summed E-state index contributed by atoms with van der Waals surface area (Å²) < 4.78 is 10.7. The molecule has 0 radical (unpaired) electrons. The molecule has 0 aliphatic carbocycles. The molecule has 0 spiro atoms. The number of aromatic nitrogens is 1. The number of ether oxygens (including phenoxy) is 2. The fourth-order valence-corrected chi connectivity index (χ4v) is 5.18. The van der Waals surface area contributed by atoms with E-state index in [9.17, 15) is 4.79 Å². The molecule has 33 heavy (non-hydrogen) atoms. The molecule has 1 N–H and O–H groups in total. The summed E-state index contributed by atoms with van der Waals surface area (Å²) in [5, 5.41) is 4.04. The van der Waals surface area contributed by atoms with Crippen molar-refractivity contribution in [2.75, 3.05) is 27.3 Å². The number of thiazole rings is 1. The number of likely N-dealkylation sites (tertiary alicyclic amines) is 1. The molecule has 1 aromatic heterocycles. The van der Waals surface area contributed by atoms with Crippen LogP contribution in [-0.2, 0) is 6.54 Å². The minimum absolute atomic E-state index is 0.0333. The van der Waals surface area contributed by atoms with Crippen LogP contribution in [0.3, 0.4) is 0 Å². The smallest absolute Gasteiger partial charge is 0.263 e. The van der Waals surface area contributed by atoms with Crippen molar-refractivity contribution in [1.82, 2.24) is 15.2 Å². The number of methoxy groups -OCH3 is 2. The van der Waals surface area contributed by atoms with Gasteiger partial charge in [-0.05, 0) is 56.0 Å². The minimum atomic E-state index is -0.0333. The van der Waals surface area contributed by atoms with E-state index in [0.717, 1.165) is 48.7 Å². The number of carbonyl (C=O) groups is 1. The number of amides is 1. The highest BCUT2D eigenvalue weighted by atomic mass is 32.1. The molecule has 0 unspecified atom stereocenters. The molecule has 7 heteroatoms. The molecule has 1 aliphatic heterocycles. The molecule has 1 aliphatic rings. The van der Waals surface area contributed by atoms with Crippen LogP contribution in [0.15, 0.2) is 42.5 Å². The molecule has 0 saturated carbocycles. The lowest BCUT2D eigenvalue weighted by Crippen LogP contribution is -2.44. The molecule has 2 heterocycles. The second-order valence-electron chi connectivity index (χ2n) is 8.45. The molecule has 2 aromatic carbocycles.